The van der Waals surface area contributed by atoms with Crippen molar-refractivity contribution in [3.05, 3.63) is 158 Å². The van der Waals surface area contributed by atoms with E-state index in [0.717, 1.165) is 44.3 Å². The molecule has 0 radical (unpaired) electrons. The van der Waals surface area contributed by atoms with Gasteiger partial charge in [0.25, 0.3) is 0 Å². The first-order chi connectivity index (χ1) is 25.8. The van der Waals surface area contributed by atoms with E-state index < -0.39 is 0 Å². The van der Waals surface area contributed by atoms with Gasteiger partial charge in [0, 0.05) is 49.0 Å². The van der Waals surface area contributed by atoms with Gasteiger partial charge in [-0.25, -0.2) is 15.0 Å². The second-order valence-corrected chi connectivity index (χ2v) is 13.5. The molecule has 3 aromatic heterocycles. The summed E-state index contributed by atoms with van der Waals surface area (Å²) in [5, 5.41) is 9.59. The first kappa shape index (κ1) is 27.7. The van der Waals surface area contributed by atoms with Crippen molar-refractivity contribution in [3.63, 3.8) is 0 Å². The van der Waals surface area contributed by atoms with E-state index in [0.29, 0.717) is 17.5 Å². The molecule has 240 valence electrons. The highest BCUT2D eigenvalue weighted by atomic mass is 16.3. The Hall–Kier alpha value is -7.11. The van der Waals surface area contributed by atoms with Crippen molar-refractivity contribution in [1.29, 1.82) is 0 Å². The van der Waals surface area contributed by atoms with Crippen LogP contribution in [-0.2, 0) is 0 Å². The van der Waals surface area contributed by atoms with Crippen molar-refractivity contribution >= 4 is 65.3 Å². The Morgan fingerprint density at radius 3 is 1.75 bits per heavy atom. The normalized spacial score (nSPS) is 12.2. The number of benzene rings is 8. The molecule has 12 rings (SSSR count). The highest BCUT2D eigenvalue weighted by molar-refractivity contribution is 6.38. The largest absolute Gasteiger partial charge is 0.456 e. The van der Waals surface area contributed by atoms with Gasteiger partial charge in [-0.3, -0.25) is 0 Å². The maximum Gasteiger partial charge on any atom is 0.164 e. The number of fused-ring (bicyclic) bond motifs is 2. The van der Waals surface area contributed by atoms with E-state index in [2.05, 4.69) is 102 Å². The third-order valence-corrected chi connectivity index (χ3v) is 10.8. The summed E-state index contributed by atoms with van der Waals surface area (Å²) in [7, 11) is 0. The standard InChI is InChI=1S/C47H26N4O/c1-3-11-28(12-4-1)45-48-46(29-13-5-2-6-14-29)50-47(49-45)34-23-25-35(31-16-8-7-15-30(31)34)51-36-19-9-17-32-33-18-10-20-38-42(33)44-39(52-38)26-22-27-21-24-37(51)43(40(27)44)41(32)36/h1-26H. The van der Waals surface area contributed by atoms with E-state index in [-0.39, 0.29) is 0 Å². The van der Waals surface area contributed by atoms with Crippen LogP contribution in [0.2, 0.25) is 0 Å². The Labute approximate surface area is 297 Å². The van der Waals surface area contributed by atoms with Gasteiger partial charge < -0.3 is 8.98 Å². The zero-order valence-electron chi connectivity index (χ0n) is 27.7. The lowest BCUT2D eigenvalue weighted by atomic mass is 9.98. The fourth-order valence-electron chi connectivity index (χ4n) is 8.58. The summed E-state index contributed by atoms with van der Waals surface area (Å²) < 4.78 is 8.92. The summed E-state index contributed by atoms with van der Waals surface area (Å²) in [6, 6.07) is 55.3. The maximum atomic E-state index is 6.47. The van der Waals surface area contributed by atoms with E-state index in [1.165, 1.54) is 54.5 Å². The Morgan fingerprint density at radius 2 is 0.981 bits per heavy atom. The molecule has 1 aliphatic carbocycles. The van der Waals surface area contributed by atoms with E-state index in [4.69, 9.17) is 19.4 Å². The van der Waals surface area contributed by atoms with Crippen LogP contribution in [0.25, 0.3) is 116 Å². The lowest BCUT2D eigenvalue weighted by molar-refractivity contribution is 0.669. The molecule has 5 nitrogen and oxygen atoms in total. The van der Waals surface area contributed by atoms with Crippen LogP contribution in [0.15, 0.2) is 162 Å². The third kappa shape index (κ3) is 3.69. The molecular weight excluding hydrogens is 637 g/mol. The molecule has 0 amide bonds. The van der Waals surface area contributed by atoms with Gasteiger partial charge in [-0.05, 0) is 58.3 Å². The van der Waals surface area contributed by atoms with Gasteiger partial charge in [0.05, 0.1) is 16.7 Å². The fourth-order valence-corrected chi connectivity index (χ4v) is 8.58. The second kappa shape index (κ2) is 10.2. The van der Waals surface area contributed by atoms with Crippen LogP contribution >= 0.6 is 0 Å². The second-order valence-electron chi connectivity index (χ2n) is 13.5. The highest BCUT2D eigenvalue weighted by Gasteiger charge is 2.26. The van der Waals surface area contributed by atoms with Crippen LogP contribution in [0.5, 0.6) is 0 Å². The number of hydrogen-bond acceptors (Lipinski definition) is 4. The predicted octanol–water partition coefficient (Wildman–Crippen LogP) is 12.2. The minimum absolute atomic E-state index is 0.642. The minimum atomic E-state index is 0.642. The highest BCUT2D eigenvalue weighted by Crippen LogP contribution is 2.51. The molecule has 3 heterocycles. The molecule has 5 heteroatoms. The van der Waals surface area contributed by atoms with Crippen LogP contribution in [0, 0.1) is 0 Å². The molecule has 0 bridgehead atoms. The summed E-state index contributed by atoms with van der Waals surface area (Å²) in [6.07, 6.45) is 0. The van der Waals surface area contributed by atoms with Crippen LogP contribution in [0.1, 0.15) is 0 Å². The summed E-state index contributed by atoms with van der Waals surface area (Å²) >= 11 is 0. The number of hydrogen-bond donors (Lipinski definition) is 0. The molecule has 11 aromatic rings. The molecule has 8 aromatic carbocycles. The smallest absolute Gasteiger partial charge is 0.164 e. The monoisotopic (exact) mass is 662 g/mol. The minimum Gasteiger partial charge on any atom is -0.456 e. The van der Waals surface area contributed by atoms with E-state index in [1.54, 1.807) is 0 Å². The molecule has 0 unspecified atom stereocenters. The van der Waals surface area contributed by atoms with Crippen molar-refractivity contribution in [2.75, 3.05) is 0 Å². The Bertz CT molecular complexity index is 3230. The first-order valence-electron chi connectivity index (χ1n) is 17.5. The van der Waals surface area contributed by atoms with Gasteiger partial charge in [0.1, 0.15) is 11.2 Å². The lowest BCUT2D eigenvalue weighted by Crippen LogP contribution is -2.01. The van der Waals surface area contributed by atoms with Crippen molar-refractivity contribution < 1.29 is 4.42 Å². The van der Waals surface area contributed by atoms with Crippen LogP contribution in [0.4, 0.5) is 0 Å². The zero-order valence-corrected chi connectivity index (χ0v) is 27.7. The average Bonchev–Trinajstić information content (AvgIpc) is 3.73. The van der Waals surface area contributed by atoms with Crippen molar-refractivity contribution in [3.8, 4) is 51.0 Å². The first-order valence-corrected chi connectivity index (χ1v) is 17.5. The van der Waals surface area contributed by atoms with Crippen molar-refractivity contribution in [2.45, 2.75) is 0 Å². The number of furan rings is 1. The molecule has 0 N–H and O–H groups in total. The molecule has 1 aliphatic rings. The van der Waals surface area contributed by atoms with Crippen molar-refractivity contribution in [2.24, 2.45) is 0 Å². The summed E-state index contributed by atoms with van der Waals surface area (Å²) in [6.45, 7) is 0. The van der Waals surface area contributed by atoms with Gasteiger partial charge in [0.15, 0.2) is 17.5 Å². The number of nitrogens with zero attached hydrogens (tertiary/aromatic N) is 4. The molecule has 0 atom stereocenters. The van der Waals surface area contributed by atoms with Gasteiger partial charge in [-0.1, -0.05) is 121 Å². The zero-order chi connectivity index (χ0) is 33.9. The van der Waals surface area contributed by atoms with Crippen LogP contribution in [-0.4, -0.2) is 19.5 Å². The van der Waals surface area contributed by atoms with Gasteiger partial charge >= 0.3 is 0 Å². The number of rotatable bonds is 4. The van der Waals surface area contributed by atoms with Gasteiger partial charge in [-0.2, -0.15) is 0 Å². The molecule has 0 spiro atoms. The third-order valence-electron chi connectivity index (χ3n) is 10.8. The molecule has 0 aliphatic heterocycles. The molecule has 0 fully saturated rings. The average molecular weight is 663 g/mol. The van der Waals surface area contributed by atoms with E-state index in [1.807, 2.05) is 60.7 Å². The van der Waals surface area contributed by atoms with Gasteiger partial charge in [-0.15, -0.1) is 0 Å². The topological polar surface area (TPSA) is 56.7 Å². The van der Waals surface area contributed by atoms with Crippen LogP contribution < -0.4 is 0 Å². The number of aromatic nitrogens is 4. The quantitative estimate of drug-likeness (QED) is 0.188. The SMILES string of the molecule is c1ccc(-c2nc(-c3ccccc3)nc(-c3ccc(-n4c5cccc6c5c5c7c(ccc8oc9cccc-6c9c87)ccc54)c4ccccc34)n2)cc1. The Kier molecular flexibility index (Phi) is 5.44. The Morgan fingerprint density at radius 1 is 0.365 bits per heavy atom. The summed E-state index contributed by atoms with van der Waals surface area (Å²) in [5.41, 5.74) is 10.6. The molecular formula is C47H26N4O. The predicted molar refractivity (Wildman–Crippen MR) is 212 cm³/mol. The molecule has 0 saturated heterocycles. The molecule has 52 heavy (non-hydrogen) atoms. The van der Waals surface area contributed by atoms with E-state index >= 15 is 0 Å². The van der Waals surface area contributed by atoms with E-state index in [9.17, 15) is 0 Å². The lowest BCUT2D eigenvalue weighted by Gasteiger charge is -2.15. The summed E-state index contributed by atoms with van der Waals surface area (Å²) in [5.74, 6) is 1.94. The fraction of sp³-hybridized carbons (Fsp3) is 0. The maximum absolute atomic E-state index is 6.47. The Balaban J connectivity index is 1.16. The summed E-state index contributed by atoms with van der Waals surface area (Å²) in [4.78, 5) is 15.1. The van der Waals surface area contributed by atoms with Crippen LogP contribution in [0.3, 0.4) is 0 Å². The van der Waals surface area contributed by atoms with Crippen molar-refractivity contribution in [1.82, 2.24) is 19.5 Å². The molecule has 0 saturated carbocycles. The van der Waals surface area contributed by atoms with Gasteiger partial charge in [0.2, 0.25) is 0 Å².